The summed E-state index contributed by atoms with van der Waals surface area (Å²) in [7, 11) is 2.10. The van der Waals surface area contributed by atoms with Gasteiger partial charge in [0.25, 0.3) is 0 Å². The molecule has 0 fully saturated rings. The minimum absolute atomic E-state index is 0.712. The lowest BCUT2D eigenvalue weighted by molar-refractivity contribution is 0.314. The van der Waals surface area contributed by atoms with Gasteiger partial charge in [0.15, 0.2) is 0 Å². The van der Waals surface area contributed by atoms with Crippen molar-refractivity contribution < 1.29 is 4.42 Å². The molecule has 0 N–H and O–H groups in total. The van der Waals surface area contributed by atoms with Crippen molar-refractivity contribution in [2.24, 2.45) is 0 Å². The summed E-state index contributed by atoms with van der Waals surface area (Å²) in [5.41, 5.74) is 3.64. The number of thiophene rings is 1. The van der Waals surface area contributed by atoms with Gasteiger partial charge in [0, 0.05) is 13.1 Å². The smallest absolute Gasteiger partial charge is 0.236 e. The first-order valence-electron chi connectivity index (χ1n) is 6.94. The van der Waals surface area contributed by atoms with E-state index >= 15 is 0 Å². The van der Waals surface area contributed by atoms with E-state index in [1.807, 2.05) is 17.5 Å². The Kier molecular flexibility index (Phi) is 4.18. The molecule has 2 heterocycles. The van der Waals surface area contributed by atoms with Crippen LogP contribution in [0.15, 0.2) is 52.5 Å². The quantitative estimate of drug-likeness (QED) is 0.701. The highest BCUT2D eigenvalue weighted by molar-refractivity contribution is 7.13. The largest absolute Gasteiger partial charge is 0.444 e. The second-order valence-corrected chi connectivity index (χ2v) is 6.17. The van der Waals surface area contributed by atoms with Gasteiger partial charge in [-0.2, -0.15) is 0 Å². The van der Waals surface area contributed by atoms with E-state index in [1.54, 1.807) is 17.6 Å². The molecule has 4 heteroatoms. The Balaban J connectivity index is 1.65. The fourth-order valence-corrected chi connectivity index (χ4v) is 2.96. The second-order valence-electron chi connectivity index (χ2n) is 5.22. The monoisotopic (exact) mass is 298 g/mol. The maximum atomic E-state index is 5.56. The third kappa shape index (κ3) is 3.40. The lowest BCUT2D eigenvalue weighted by Gasteiger charge is -2.16. The zero-order valence-electron chi connectivity index (χ0n) is 12.2. The first kappa shape index (κ1) is 14.0. The molecule has 0 spiro atoms. The number of hydrogen-bond donors (Lipinski definition) is 0. The van der Waals surface area contributed by atoms with Crippen molar-refractivity contribution in [1.29, 1.82) is 0 Å². The predicted octanol–water partition coefficient (Wildman–Crippen LogP) is 4.34. The molecular weight excluding hydrogens is 280 g/mol. The zero-order valence-corrected chi connectivity index (χ0v) is 13.1. The third-order valence-corrected chi connectivity index (χ3v) is 4.27. The van der Waals surface area contributed by atoms with Crippen molar-refractivity contribution in [2.75, 3.05) is 7.05 Å². The maximum Gasteiger partial charge on any atom is 0.236 e. The molecule has 0 aliphatic heterocycles. The summed E-state index contributed by atoms with van der Waals surface area (Å²) in [6.45, 7) is 3.84. The van der Waals surface area contributed by atoms with Crippen molar-refractivity contribution in [3.05, 3.63) is 64.9 Å². The number of benzene rings is 1. The maximum absolute atomic E-state index is 5.56. The standard InChI is InChI=1S/C17H18N2OS/c1-13-6-3-4-7-14(13)10-19(2)11-15-12-20-17(18-15)16-8-5-9-21-16/h3-9,12H,10-11H2,1-2H3. The SMILES string of the molecule is Cc1ccccc1CN(C)Cc1coc(-c2cccs2)n1. The molecule has 3 aromatic rings. The molecule has 0 unspecified atom stereocenters. The molecule has 0 aliphatic rings. The highest BCUT2D eigenvalue weighted by Gasteiger charge is 2.10. The van der Waals surface area contributed by atoms with Gasteiger partial charge in [-0.3, -0.25) is 4.90 Å². The predicted molar refractivity (Wildman–Crippen MR) is 86.2 cm³/mol. The van der Waals surface area contributed by atoms with Crippen LogP contribution in [0.2, 0.25) is 0 Å². The summed E-state index contributed by atoms with van der Waals surface area (Å²) in [5, 5.41) is 2.03. The zero-order chi connectivity index (χ0) is 14.7. The number of nitrogens with zero attached hydrogens (tertiary/aromatic N) is 2. The summed E-state index contributed by atoms with van der Waals surface area (Å²) < 4.78 is 5.56. The normalized spacial score (nSPS) is 11.2. The van der Waals surface area contributed by atoms with Gasteiger partial charge < -0.3 is 4.42 Å². The summed E-state index contributed by atoms with van der Waals surface area (Å²) in [6.07, 6.45) is 1.75. The van der Waals surface area contributed by atoms with E-state index in [2.05, 4.69) is 48.1 Å². The number of aryl methyl sites for hydroxylation is 1. The van der Waals surface area contributed by atoms with Gasteiger partial charge in [-0.05, 0) is 36.5 Å². The van der Waals surface area contributed by atoms with E-state index in [4.69, 9.17) is 4.42 Å². The van der Waals surface area contributed by atoms with Crippen LogP contribution in [0.4, 0.5) is 0 Å². The van der Waals surface area contributed by atoms with Crippen molar-refractivity contribution in [2.45, 2.75) is 20.0 Å². The number of aromatic nitrogens is 1. The summed E-state index contributed by atoms with van der Waals surface area (Å²) in [6, 6.07) is 12.5. The molecule has 0 aliphatic carbocycles. The van der Waals surface area contributed by atoms with Crippen LogP contribution in [0.25, 0.3) is 10.8 Å². The number of rotatable bonds is 5. The Bertz CT molecular complexity index is 703. The van der Waals surface area contributed by atoms with Crippen molar-refractivity contribution in [3.63, 3.8) is 0 Å². The van der Waals surface area contributed by atoms with E-state index < -0.39 is 0 Å². The van der Waals surface area contributed by atoms with Crippen LogP contribution in [0.1, 0.15) is 16.8 Å². The minimum Gasteiger partial charge on any atom is -0.444 e. The van der Waals surface area contributed by atoms with Crippen LogP contribution in [-0.4, -0.2) is 16.9 Å². The number of hydrogen-bond acceptors (Lipinski definition) is 4. The highest BCUT2D eigenvalue weighted by atomic mass is 32.1. The van der Waals surface area contributed by atoms with Crippen molar-refractivity contribution >= 4 is 11.3 Å². The average Bonchev–Trinajstić information content (AvgIpc) is 3.12. The summed E-state index contributed by atoms with van der Waals surface area (Å²) >= 11 is 1.64. The van der Waals surface area contributed by atoms with Crippen LogP contribution in [0, 0.1) is 6.92 Å². The molecule has 0 amide bonds. The molecule has 0 saturated heterocycles. The fraction of sp³-hybridized carbons (Fsp3) is 0.235. The number of oxazole rings is 1. The molecule has 108 valence electrons. The average molecular weight is 298 g/mol. The van der Waals surface area contributed by atoms with E-state index in [-0.39, 0.29) is 0 Å². The van der Waals surface area contributed by atoms with E-state index in [9.17, 15) is 0 Å². The summed E-state index contributed by atoms with van der Waals surface area (Å²) in [4.78, 5) is 7.88. The Hall–Kier alpha value is -1.91. The molecule has 0 atom stereocenters. The molecule has 2 aromatic heterocycles. The van der Waals surface area contributed by atoms with Gasteiger partial charge in [0.05, 0.1) is 10.6 Å². The van der Waals surface area contributed by atoms with E-state index in [0.717, 1.165) is 23.7 Å². The Morgan fingerprint density at radius 3 is 2.76 bits per heavy atom. The van der Waals surface area contributed by atoms with Gasteiger partial charge >= 0.3 is 0 Å². The van der Waals surface area contributed by atoms with Crippen molar-refractivity contribution in [3.8, 4) is 10.8 Å². The third-order valence-electron chi connectivity index (χ3n) is 3.42. The van der Waals surface area contributed by atoms with Crippen LogP contribution < -0.4 is 0 Å². The molecule has 0 saturated carbocycles. The molecule has 0 bridgehead atoms. The lowest BCUT2D eigenvalue weighted by atomic mass is 10.1. The Labute approximate surface area is 128 Å². The Morgan fingerprint density at radius 1 is 1.14 bits per heavy atom. The van der Waals surface area contributed by atoms with E-state index in [1.165, 1.54) is 11.1 Å². The van der Waals surface area contributed by atoms with Gasteiger partial charge in [0.1, 0.15) is 6.26 Å². The summed E-state index contributed by atoms with van der Waals surface area (Å²) in [5.74, 6) is 0.712. The lowest BCUT2D eigenvalue weighted by Crippen LogP contribution is -2.18. The Morgan fingerprint density at radius 2 is 2.00 bits per heavy atom. The highest BCUT2D eigenvalue weighted by Crippen LogP contribution is 2.24. The molecule has 1 aromatic carbocycles. The van der Waals surface area contributed by atoms with E-state index in [0.29, 0.717) is 5.89 Å². The fourth-order valence-electron chi connectivity index (χ4n) is 2.30. The first-order chi connectivity index (χ1) is 10.2. The molecule has 3 rings (SSSR count). The minimum atomic E-state index is 0.712. The van der Waals surface area contributed by atoms with Crippen molar-refractivity contribution in [1.82, 2.24) is 9.88 Å². The topological polar surface area (TPSA) is 29.3 Å². The van der Waals surface area contributed by atoms with Crippen LogP contribution in [-0.2, 0) is 13.1 Å². The van der Waals surface area contributed by atoms with Crippen LogP contribution >= 0.6 is 11.3 Å². The molecule has 0 radical (unpaired) electrons. The molecule has 3 nitrogen and oxygen atoms in total. The van der Waals surface area contributed by atoms with Gasteiger partial charge in [-0.25, -0.2) is 4.98 Å². The molecule has 21 heavy (non-hydrogen) atoms. The van der Waals surface area contributed by atoms with Crippen LogP contribution in [0.3, 0.4) is 0 Å². The van der Waals surface area contributed by atoms with Gasteiger partial charge in [0.2, 0.25) is 5.89 Å². The van der Waals surface area contributed by atoms with Gasteiger partial charge in [-0.1, -0.05) is 30.3 Å². The first-order valence-corrected chi connectivity index (χ1v) is 7.81. The van der Waals surface area contributed by atoms with Crippen LogP contribution in [0.5, 0.6) is 0 Å². The second kappa shape index (κ2) is 6.24. The molecular formula is C17H18N2OS. The van der Waals surface area contributed by atoms with Gasteiger partial charge in [-0.15, -0.1) is 11.3 Å².